The number of H-pyrrole nitrogens is 1. The van der Waals surface area contributed by atoms with Crippen molar-refractivity contribution >= 4 is 29.0 Å². The molecule has 0 radical (unpaired) electrons. The standard InChI is InChI=1S/C13H17N5OS/c1-9-10(14)4-2-5-11(9)17-12(19)6-3-7-20-13-15-8-16-18-13/h2,4-5,8H,3,6-7,14H2,1H3,(H,17,19)(H,15,16,18). The minimum atomic E-state index is -0.00290. The molecule has 0 saturated carbocycles. The summed E-state index contributed by atoms with van der Waals surface area (Å²) in [7, 11) is 0. The maximum absolute atomic E-state index is 11.8. The summed E-state index contributed by atoms with van der Waals surface area (Å²) >= 11 is 1.55. The van der Waals surface area contributed by atoms with Crippen LogP contribution in [0.25, 0.3) is 0 Å². The third kappa shape index (κ3) is 3.99. The number of rotatable bonds is 6. The molecule has 1 heterocycles. The van der Waals surface area contributed by atoms with Crippen LogP contribution in [0.15, 0.2) is 29.7 Å². The van der Waals surface area contributed by atoms with E-state index >= 15 is 0 Å². The molecule has 1 aromatic heterocycles. The molecule has 2 rings (SSSR count). The highest BCUT2D eigenvalue weighted by molar-refractivity contribution is 7.99. The molecule has 7 heteroatoms. The highest BCUT2D eigenvalue weighted by Gasteiger charge is 2.06. The van der Waals surface area contributed by atoms with Gasteiger partial charge in [0, 0.05) is 23.5 Å². The lowest BCUT2D eigenvalue weighted by molar-refractivity contribution is -0.116. The zero-order valence-electron chi connectivity index (χ0n) is 11.2. The van der Waals surface area contributed by atoms with Crippen LogP contribution >= 0.6 is 11.8 Å². The fraction of sp³-hybridized carbons (Fsp3) is 0.308. The number of nitrogen functional groups attached to an aromatic ring is 1. The van der Waals surface area contributed by atoms with Gasteiger partial charge in [-0.2, -0.15) is 5.10 Å². The van der Waals surface area contributed by atoms with Gasteiger partial charge in [-0.3, -0.25) is 9.89 Å². The lowest BCUT2D eigenvalue weighted by Gasteiger charge is -2.09. The van der Waals surface area contributed by atoms with E-state index in [0.29, 0.717) is 12.1 Å². The van der Waals surface area contributed by atoms with Crippen molar-refractivity contribution in [3.8, 4) is 0 Å². The molecule has 0 bridgehead atoms. The van der Waals surface area contributed by atoms with E-state index in [1.54, 1.807) is 11.8 Å². The minimum Gasteiger partial charge on any atom is -0.398 e. The van der Waals surface area contributed by atoms with Crippen molar-refractivity contribution in [3.63, 3.8) is 0 Å². The van der Waals surface area contributed by atoms with Gasteiger partial charge >= 0.3 is 0 Å². The number of thioether (sulfide) groups is 1. The van der Waals surface area contributed by atoms with Gasteiger partial charge in [0.25, 0.3) is 0 Å². The van der Waals surface area contributed by atoms with E-state index in [1.807, 2.05) is 25.1 Å². The predicted molar refractivity (Wildman–Crippen MR) is 80.6 cm³/mol. The Hall–Kier alpha value is -2.02. The number of aromatic amines is 1. The van der Waals surface area contributed by atoms with Crippen LogP contribution in [0.2, 0.25) is 0 Å². The molecule has 1 aromatic carbocycles. The summed E-state index contributed by atoms with van der Waals surface area (Å²) in [5, 5.41) is 10.2. The normalized spacial score (nSPS) is 10.4. The van der Waals surface area contributed by atoms with Gasteiger partial charge in [0.2, 0.25) is 5.91 Å². The molecular formula is C13H17N5OS. The van der Waals surface area contributed by atoms with E-state index in [0.717, 1.165) is 28.6 Å². The second-order valence-corrected chi connectivity index (χ2v) is 5.39. The van der Waals surface area contributed by atoms with E-state index in [9.17, 15) is 4.79 Å². The van der Waals surface area contributed by atoms with E-state index in [-0.39, 0.29) is 5.91 Å². The van der Waals surface area contributed by atoms with Crippen molar-refractivity contribution in [1.82, 2.24) is 15.2 Å². The van der Waals surface area contributed by atoms with Crippen LogP contribution in [0.4, 0.5) is 11.4 Å². The molecule has 2 aromatic rings. The summed E-state index contributed by atoms with van der Waals surface area (Å²) < 4.78 is 0. The summed E-state index contributed by atoms with van der Waals surface area (Å²) in [6, 6.07) is 5.50. The van der Waals surface area contributed by atoms with Crippen molar-refractivity contribution < 1.29 is 4.79 Å². The van der Waals surface area contributed by atoms with E-state index in [2.05, 4.69) is 20.5 Å². The van der Waals surface area contributed by atoms with Gasteiger partial charge in [-0.25, -0.2) is 4.98 Å². The Morgan fingerprint density at radius 3 is 3.10 bits per heavy atom. The summed E-state index contributed by atoms with van der Waals surface area (Å²) in [6.07, 6.45) is 2.71. The van der Waals surface area contributed by atoms with Gasteiger partial charge < -0.3 is 11.1 Å². The number of hydrogen-bond acceptors (Lipinski definition) is 5. The Bertz CT molecular complexity index is 570. The van der Waals surface area contributed by atoms with Gasteiger partial charge in [-0.15, -0.1) is 0 Å². The van der Waals surface area contributed by atoms with Crippen LogP contribution in [-0.2, 0) is 4.79 Å². The number of nitrogens with two attached hydrogens (primary N) is 1. The number of aromatic nitrogens is 3. The Labute approximate surface area is 121 Å². The molecule has 0 aliphatic heterocycles. The van der Waals surface area contributed by atoms with Gasteiger partial charge in [0.05, 0.1) is 0 Å². The summed E-state index contributed by atoms with van der Waals surface area (Å²) in [5.41, 5.74) is 8.16. The molecule has 1 amide bonds. The quantitative estimate of drug-likeness (QED) is 0.431. The van der Waals surface area contributed by atoms with E-state index < -0.39 is 0 Å². The number of carbonyl (C=O) groups is 1. The van der Waals surface area contributed by atoms with Crippen LogP contribution < -0.4 is 11.1 Å². The highest BCUT2D eigenvalue weighted by Crippen LogP contribution is 2.21. The van der Waals surface area contributed by atoms with Gasteiger partial charge in [0.1, 0.15) is 6.33 Å². The molecule has 20 heavy (non-hydrogen) atoms. The lowest BCUT2D eigenvalue weighted by Crippen LogP contribution is -2.12. The molecule has 4 N–H and O–H groups in total. The Morgan fingerprint density at radius 2 is 2.35 bits per heavy atom. The van der Waals surface area contributed by atoms with Crippen molar-refractivity contribution in [2.75, 3.05) is 16.8 Å². The number of amides is 1. The van der Waals surface area contributed by atoms with Crippen molar-refractivity contribution in [1.29, 1.82) is 0 Å². The zero-order chi connectivity index (χ0) is 14.4. The fourth-order valence-corrected chi connectivity index (χ4v) is 2.39. The molecule has 0 saturated heterocycles. The van der Waals surface area contributed by atoms with Crippen LogP contribution in [-0.4, -0.2) is 26.8 Å². The molecule has 0 aliphatic rings. The molecule has 0 aliphatic carbocycles. The molecule has 0 atom stereocenters. The predicted octanol–water partition coefficient (Wildman–Crippen LogP) is 2.21. The van der Waals surface area contributed by atoms with Crippen molar-refractivity contribution in [2.24, 2.45) is 0 Å². The molecular weight excluding hydrogens is 274 g/mol. The summed E-state index contributed by atoms with van der Waals surface area (Å²) in [6.45, 7) is 1.89. The molecule has 0 fully saturated rings. The molecule has 0 spiro atoms. The zero-order valence-corrected chi connectivity index (χ0v) is 12.0. The highest BCUT2D eigenvalue weighted by atomic mass is 32.2. The number of anilines is 2. The first-order chi connectivity index (χ1) is 9.66. The number of hydrogen-bond donors (Lipinski definition) is 3. The monoisotopic (exact) mass is 291 g/mol. The third-order valence-corrected chi connectivity index (χ3v) is 3.79. The first-order valence-corrected chi connectivity index (χ1v) is 7.28. The molecule has 0 unspecified atom stereocenters. The number of nitrogens with zero attached hydrogens (tertiary/aromatic N) is 2. The van der Waals surface area contributed by atoms with Gasteiger partial charge in [-0.1, -0.05) is 17.8 Å². The second-order valence-electron chi connectivity index (χ2n) is 4.31. The number of benzene rings is 1. The molecule has 6 nitrogen and oxygen atoms in total. The van der Waals surface area contributed by atoms with Crippen LogP contribution in [0, 0.1) is 6.92 Å². The molecule has 106 valence electrons. The van der Waals surface area contributed by atoms with Gasteiger partial charge in [-0.05, 0) is 31.0 Å². The van der Waals surface area contributed by atoms with Crippen LogP contribution in [0.3, 0.4) is 0 Å². The largest absolute Gasteiger partial charge is 0.398 e. The Morgan fingerprint density at radius 1 is 1.50 bits per heavy atom. The number of nitrogens with one attached hydrogen (secondary N) is 2. The summed E-state index contributed by atoms with van der Waals surface area (Å²) in [4.78, 5) is 15.8. The first-order valence-electron chi connectivity index (χ1n) is 6.30. The van der Waals surface area contributed by atoms with Crippen molar-refractivity contribution in [3.05, 3.63) is 30.1 Å². The fourth-order valence-electron chi connectivity index (χ4n) is 1.67. The maximum atomic E-state index is 11.8. The third-order valence-electron chi connectivity index (χ3n) is 2.83. The maximum Gasteiger partial charge on any atom is 0.224 e. The lowest BCUT2D eigenvalue weighted by atomic mass is 10.1. The van der Waals surface area contributed by atoms with Crippen LogP contribution in [0.1, 0.15) is 18.4 Å². The minimum absolute atomic E-state index is 0.00290. The SMILES string of the molecule is Cc1c(N)cccc1NC(=O)CCCSc1ncn[nH]1. The summed E-state index contributed by atoms with van der Waals surface area (Å²) in [5.74, 6) is 0.815. The van der Waals surface area contributed by atoms with Gasteiger partial charge in [0.15, 0.2) is 5.16 Å². The Kier molecular flexibility index (Phi) is 5.00. The van der Waals surface area contributed by atoms with Crippen LogP contribution in [0.5, 0.6) is 0 Å². The van der Waals surface area contributed by atoms with E-state index in [1.165, 1.54) is 6.33 Å². The average Bonchev–Trinajstić information content (AvgIpc) is 2.93. The number of carbonyl (C=O) groups excluding carboxylic acids is 1. The average molecular weight is 291 g/mol. The first kappa shape index (κ1) is 14.4. The van der Waals surface area contributed by atoms with E-state index in [4.69, 9.17) is 5.73 Å². The topological polar surface area (TPSA) is 96.7 Å². The van der Waals surface area contributed by atoms with Crippen molar-refractivity contribution in [2.45, 2.75) is 24.9 Å². The Balaban J connectivity index is 1.74. The second kappa shape index (κ2) is 6.95. The smallest absolute Gasteiger partial charge is 0.224 e.